The van der Waals surface area contributed by atoms with Crippen LogP contribution in [0.25, 0.3) is 0 Å². The van der Waals surface area contributed by atoms with Gasteiger partial charge >= 0.3 is 0 Å². The Kier molecular flexibility index (Phi) is 4.47. The van der Waals surface area contributed by atoms with E-state index >= 15 is 0 Å². The number of rotatable bonds is 6. The zero-order chi connectivity index (χ0) is 12.8. The predicted octanol–water partition coefficient (Wildman–Crippen LogP) is 2.28. The number of benzene rings is 1. The fraction of sp³-hybridized carbons (Fsp3) is 0.357. The van der Waals surface area contributed by atoms with E-state index in [4.69, 9.17) is 4.74 Å². The van der Waals surface area contributed by atoms with Gasteiger partial charge in [-0.15, -0.1) is 0 Å². The van der Waals surface area contributed by atoms with E-state index in [0.717, 1.165) is 26.1 Å². The molecule has 1 heterocycles. The van der Waals surface area contributed by atoms with Crippen molar-refractivity contribution >= 4 is 6.29 Å². The van der Waals surface area contributed by atoms with Crippen LogP contribution >= 0.6 is 0 Å². The van der Waals surface area contributed by atoms with Crippen LogP contribution in [0.2, 0.25) is 0 Å². The van der Waals surface area contributed by atoms with Gasteiger partial charge in [0.1, 0.15) is 6.29 Å². The van der Waals surface area contributed by atoms with E-state index in [-0.39, 0.29) is 5.75 Å². The van der Waals surface area contributed by atoms with Crippen molar-refractivity contribution in [2.45, 2.75) is 6.42 Å². The number of hydrogen-bond acceptors (Lipinski definition) is 3. The van der Waals surface area contributed by atoms with Crippen molar-refractivity contribution in [2.24, 2.45) is 0 Å². The van der Waals surface area contributed by atoms with Gasteiger partial charge in [0, 0.05) is 25.2 Å². The summed E-state index contributed by atoms with van der Waals surface area (Å²) in [5, 5.41) is 0. The normalized spacial score (nSPS) is 14.9. The molecule has 0 aromatic heterocycles. The highest BCUT2D eigenvalue weighted by Crippen LogP contribution is 2.17. The number of ether oxygens (including phenoxy) is 1. The van der Waals surface area contributed by atoms with Gasteiger partial charge in [-0.05, 0) is 24.6 Å². The van der Waals surface area contributed by atoms with Crippen LogP contribution in [-0.4, -0.2) is 37.4 Å². The number of carbonyl (C=O) groups is 1. The highest BCUT2D eigenvalue weighted by atomic mass is 19.1. The Balaban J connectivity index is 1.74. The Labute approximate surface area is 106 Å². The smallest absolute Gasteiger partial charge is 0.165 e. The molecule has 2 rings (SSSR count). The molecule has 3 nitrogen and oxygen atoms in total. The molecule has 4 heteroatoms. The van der Waals surface area contributed by atoms with Crippen molar-refractivity contribution in [3.05, 3.63) is 41.7 Å². The molecule has 0 saturated heterocycles. The van der Waals surface area contributed by atoms with Gasteiger partial charge in [-0.1, -0.05) is 12.2 Å². The Morgan fingerprint density at radius 3 is 2.78 bits per heavy atom. The Bertz CT molecular complexity index is 437. The van der Waals surface area contributed by atoms with Crippen molar-refractivity contribution in [3.8, 4) is 5.75 Å². The quantitative estimate of drug-likeness (QED) is 0.440. The van der Waals surface area contributed by atoms with E-state index in [1.807, 2.05) is 0 Å². The molecular weight excluding hydrogens is 233 g/mol. The van der Waals surface area contributed by atoms with Crippen molar-refractivity contribution in [1.82, 2.24) is 4.90 Å². The average molecular weight is 249 g/mol. The maximum Gasteiger partial charge on any atom is 0.165 e. The standard InChI is InChI=1S/C14H16FNO2/c15-13-10-12(11-17)4-5-14(13)18-9-3-8-16-6-1-2-7-16/h1-2,4-5,10-11H,3,6-9H2. The minimum Gasteiger partial charge on any atom is -0.490 e. The molecule has 1 aromatic rings. The van der Waals surface area contributed by atoms with Crippen molar-refractivity contribution < 1.29 is 13.9 Å². The number of hydrogen-bond donors (Lipinski definition) is 0. The Morgan fingerprint density at radius 1 is 1.33 bits per heavy atom. The number of aldehydes is 1. The summed E-state index contributed by atoms with van der Waals surface area (Å²) < 4.78 is 18.8. The van der Waals surface area contributed by atoms with Crippen LogP contribution in [-0.2, 0) is 0 Å². The van der Waals surface area contributed by atoms with E-state index < -0.39 is 5.82 Å². The van der Waals surface area contributed by atoms with Crippen LogP contribution in [0, 0.1) is 5.82 Å². The second-order valence-corrected chi connectivity index (χ2v) is 4.24. The highest BCUT2D eigenvalue weighted by Gasteiger charge is 2.07. The third kappa shape index (κ3) is 3.40. The minimum atomic E-state index is -0.484. The van der Waals surface area contributed by atoms with Gasteiger partial charge in [-0.3, -0.25) is 9.69 Å². The number of carbonyl (C=O) groups excluding carboxylic acids is 1. The van der Waals surface area contributed by atoms with E-state index in [1.54, 1.807) is 6.07 Å². The van der Waals surface area contributed by atoms with Gasteiger partial charge in [0.15, 0.2) is 11.6 Å². The summed E-state index contributed by atoms with van der Waals surface area (Å²) in [6, 6.07) is 4.24. The van der Waals surface area contributed by atoms with Gasteiger partial charge in [0.05, 0.1) is 6.61 Å². The maximum atomic E-state index is 13.5. The van der Waals surface area contributed by atoms with Gasteiger partial charge < -0.3 is 4.74 Å². The number of nitrogens with zero attached hydrogens (tertiary/aromatic N) is 1. The Hall–Kier alpha value is -1.68. The Morgan fingerprint density at radius 2 is 2.11 bits per heavy atom. The lowest BCUT2D eigenvalue weighted by atomic mass is 10.2. The third-order valence-corrected chi connectivity index (χ3v) is 2.86. The van der Waals surface area contributed by atoms with Gasteiger partial charge in [0.25, 0.3) is 0 Å². The minimum absolute atomic E-state index is 0.208. The molecule has 1 aromatic carbocycles. The molecule has 1 aliphatic rings. The second kappa shape index (κ2) is 6.31. The van der Waals surface area contributed by atoms with Gasteiger partial charge in [0.2, 0.25) is 0 Å². The summed E-state index contributed by atoms with van der Waals surface area (Å²) in [6.07, 6.45) is 5.75. The van der Waals surface area contributed by atoms with Crippen LogP contribution in [0.3, 0.4) is 0 Å². The SMILES string of the molecule is O=Cc1ccc(OCCCN2CC=CC2)c(F)c1. The summed E-state index contributed by atoms with van der Waals surface area (Å²) >= 11 is 0. The summed E-state index contributed by atoms with van der Waals surface area (Å²) in [6.45, 7) is 3.40. The molecule has 96 valence electrons. The van der Waals surface area contributed by atoms with Gasteiger partial charge in [-0.2, -0.15) is 0 Å². The number of halogens is 1. The first kappa shape index (κ1) is 12.8. The van der Waals surface area contributed by atoms with E-state index in [1.165, 1.54) is 12.1 Å². The molecule has 0 amide bonds. The molecule has 1 aliphatic heterocycles. The highest BCUT2D eigenvalue weighted by molar-refractivity contribution is 5.74. The van der Waals surface area contributed by atoms with E-state index in [2.05, 4.69) is 17.1 Å². The molecule has 0 atom stereocenters. The first-order valence-corrected chi connectivity index (χ1v) is 6.04. The fourth-order valence-corrected chi connectivity index (χ4v) is 1.88. The van der Waals surface area contributed by atoms with Crippen LogP contribution < -0.4 is 4.74 Å². The third-order valence-electron chi connectivity index (χ3n) is 2.86. The van der Waals surface area contributed by atoms with Crippen molar-refractivity contribution in [2.75, 3.05) is 26.2 Å². The first-order chi connectivity index (χ1) is 8.79. The summed E-state index contributed by atoms with van der Waals surface area (Å²) in [4.78, 5) is 12.7. The fourth-order valence-electron chi connectivity index (χ4n) is 1.88. The van der Waals surface area contributed by atoms with Crippen molar-refractivity contribution in [3.63, 3.8) is 0 Å². The summed E-state index contributed by atoms with van der Waals surface area (Å²) in [5.74, 6) is -0.275. The zero-order valence-electron chi connectivity index (χ0n) is 10.1. The van der Waals surface area contributed by atoms with Gasteiger partial charge in [-0.25, -0.2) is 4.39 Å². The molecule has 0 bridgehead atoms. The van der Waals surface area contributed by atoms with Crippen LogP contribution in [0.4, 0.5) is 4.39 Å². The topological polar surface area (TPSA) is 29.5 Å². The largest absolute Gasteiger partial charge is 0.490 e. The molecule has 0 saturated carbocycles. The summed E-state index contributed by atoms with van der Waals surface area (Å²) in [5.41, 5.74) is 0.322. The molecule has 0 N–H and O–H groups in total. The zero-order valence-corrected chi connectivity index (χ0v) is 10.1. The van der Waals surface area contributed by atoms with E-state index in [0.29, 0.717) is 18.5 Å². The molecule has 0 unspecified atom stereocenters. The van der Waals surface area contributed by atoms with Crippen LogP contribution in [0.15, 0.2) is 30.4 Å². The van der Waals surface area contributed by atoms with Crippen LogP contribution in [0.1, 0.15) is 16.8 Å². The lowest BCUT2D eigenvalue weighted by molar-refractivity contribution is 0.112. The predicted molar refractivity (Wildman–Crippen MR) is 67.5 cm³/mol. The molecule has 18 heavy (non-hydrogen) atoms. The molecular formula is C14H16FNO2. The monoisotopic (exact) mass is 249 g/mol. The average Bonchev–Trinajstić information content (AvgIpc) is 2.89. The van der Waals surface area contributed by atoms with Crippen LogP contribution in [0.5, 0.6) is 5.75 Å². The van der Waals surface area contributed by atoms with Crippen molar-refractivity contribution in [1.29, 1.82) is 0 Å². The first-order valence-electron chi connectivity index (χ1n) is 6.04. The molecule has 0 fully saturated rings. The lowest BCUT2D eigenvalue weighted by Gasteiger charge is -2.14. The molecule has 0 aliphatic carbocycles. The maximum absolute atomic E-state index is 13.5. The molecule has 0 spiro atoms. The summed E-state index contributed by atoms with van der Waals surface area (Å²) in [7, 11) is 0. The second-order valence-electron chi connectivity index (χ2n) is 4.24. The lowest BCUT2D eigenvalue weighted by Crippen LogP contribution is -2.22. The van der Waals surface area contributed by atoms with E-state index in [9.17, 15) is 9.18 Å². The molecule has 0 radical (unpaired) electrons.